The first-order valence-electron chi connectivity index (χ1n) is 6.63. The highest BCUT2D eigenvalue weighted by Crippen LogP contribution is 2.19. The van der Waals surface area contributed by atoms with Gasteiger partial charge in [0, 0.05) is 38.7 Å². The van der Waals surface area contributed by atoms with Crippen molar-refractivity contribution in [1.29, 1.82) is 0 Å². The van der Waals surface area contributed by atoms with Gasteiger partial charge in [0.25, 0.3) is 0 Å². The number of aryl methyl sites for hydroxylation is 1. The van der Waals surface area contributed by atoms with Crippen molar-refractivity contribution in [1.82, 2.24) is 14.3 Å². The van der Waals surface area contributed by atoms with Gasteiger partial charge in [-0.25, -0.2) is 18.4 Å². The molecule has 0 radical (unpaired) electrons. The molecule has 6 nitrogen and oxygen atoms in total. The molecule has 20 heavy (non-hydrogen) atoms. The molecule has 0 spiro atoms. The lowest BCUT2D eigenvalue weighted by Gasteiger charge is -2.34. The Labute approximate surface area is 128 Å². The lowest BCUT2D eigenvalue weighted by molar-refractivity contribution is 0.386. The van der Waals surface area contributed by atoms with Gasteiger partial charge in [-0.1, -0.05) is 6.92 Å². The number of hydrogen-bond donors (Lipinski definition) is 0. The molecule has 0 saturated carbocycles. The van der Waals surface area contributed by atoms with Crippen LogP contribution in [0.1, 0.15) is 19.2 Å². The molecule has 1 fully saturated rings. The average molecular weight is 363 g/mol. The Balaban J connectivity index is 2.10. The molecule has 0 atom stereocenters. The minimum atomic E-state index is -3.09. The quantitative estimate of drug-likeness (QED) is 0.754. The summed E-state index contributed by atoms with van der Waals surface area (Å²) in [6, 6.07) is 1.88. The van der Waals surface area contributed by atoms with Crippen LogP contribution in [-0.4, -0.2) is 55.1 Å². The fourth-order valence-corrected chi connectivity index (χ4v) is 3.43. The van der Waals surface area contributed by atoms with Crippen LogP contribution in [-0.2, 0) is 16.4 Å². The SMILES string of the molecule is CCCc1nc(Br)cc(N2CCN(S(C)(=O)=O)CC2)n1. The van der Waals surface area contributed by atoms with E-state index in [0.29, 0.717) is 26.2 Å². The lowest BCUT2D eigenvalue weighted by atomic mass is 10.3. The Morgan fingerprint density at radius 1 is 1.25 bits per heavy atom. The molecule has 1 aromatic heterocycles. The summed E-state index contributed by atoms with van der Waals surface area (Å²) >= 11 is 3.41. The third kappa shape index (κ3) is 3.89. The summed E-state index contributed by atoms with van der Waals surface area (Å²) < 4.78 is 25.3. The van der Waals surface area contributed by atoms with Crippen LogP contribution in [0, 0.1) is 0 Å². The van der Waals surface area contributed by atoms with Crippen molar-refractivity contribution in [3.63, 3.8) is 0 Å². The van der Waals surface area contributed by atoms with Crippen molar-refractivity contribution in [2.24, 2.45) is 0 Å². The number of rotatable bonds is 4. The standard InChI is InChI=1S/C12H19BrN4O2S/c1-3-4-11-14-10(13)9-12(15-11)16-5-7-17(8-6-16)20(2,18)19/h9H,3-8H2,1-2H3. The fraction of sp³-hybridized carbons (Fsp3) is 0.667. The van der Waals surface area contributed by atoms with Gasteiger partial charge < -0.3 is 4.90 Å². The summed E-state index contributed by atoms with van der Waals surface area (Å²) in [5.74, 6) is 1.69. The second-order valence-electron chi connectivity index (χ2n) is 4.86. The molecule has 2 heterocycles. The van der Waals surface area contributed by atoms with Crippen LogP contribution in [0.25, 0.3) is 0 Å². The maximum atomic E-state index is 11.5. The van der Waals surface area contributed by atoms with Crippen LogP contribution in [0.3, 0.4) is 0 Å². The third-order valence-electron chi connectivity index (χ3n) is 3.23. The summed E-state index contributed by atoms with van der Waals surface area (Å²) in [7, 11) is -3.09. The van der Waals surface area contributed by atoms with Crippen molar-refractivity contribution in [3.8, 4) is 0 Å². The Morgan fingerprint density at radius 3 is 2.45 bits per heavy atom. The molecular weight excluding hydrogens is 344 g/mol. The Hall–Kier alpha value is -0.730. The third-order valence-corrected chi connectivity index (χ3v) is 4.94. The van der Waals surface area contributed by atoms with E-state index in [1.165, 1.54) is 10.6 Å². The molecule has 0 aromatic carbocycles. The highest BCUT2D eigenvalue weighted by atomic mass is 79.9. The van der Waals surface area contributed by atoms with E-state index in [-0.39, 0.29) is 0 Å². The zero-order valence-electron chi connectivity index (χ0n) is 11.7. The van der Waals surface area contributed by atoms with E-state index in [4.69, 9.17) is 0 Å². The molecule has 1 aliphatic rings. The fourth-order valence-electron chi connectivity index (χ4n) is 2.20. The van der Waals surface area contributed by atoms with Gasteiger partial charge in [-0.3, -0.25) is 0 Å². The zero-order chi connectivity index (χ0) is 14.8. The van der Waals surface area contributed by atoms with Crippen molar-refractivity contribution >= 4 is 31.8 Å². The highest BCUT2D eigenvalue weighted by molar-refractivity contribution is 9.10. The largest absolute Gasteiger partial charge is 0.354 e. The van der Waals surface area contributed by atoms with Gasteiger partial charge in [0.15, 0.2) is 0 Å². The lowest BCUT2D eigenvalue weighted by Crippen LogP contribution is -2.48. The summed E-state index contributed by atoms with van der Waals surface area (Å²) in [6.07, 6.45) is 3.09. The van der Waals surface area contributed by atoms with Gasteiger partial charge in [-0.2, -0.15) is 4.31 Å². The van der Waals surface area contributed by atoms with E-state index in [0.717, 1.165) is 29.1 Å². The minimum Gasteiger partial charge on any atom is -0.354 e. The average Bonchev–Trinajstić information content (AvgIpc) is 2.37. The van der Waals surface area contributed by atoms with Crippen LogP contribution in [0.15, 0.2) is 10.7 Å². The molecule has 2 rings (SSSR count). The normalized spacial score (nSPS) is 17.4. The first kappa shape index (κ1) is 15.7. The highest BCUT2D eigenvalue weighted by Gasteiger charge is 2.24. The molecule has 112 valence electrons. The Morgan fingerprint density at radius 2 is 1.90 bits per heavy atom. The van der Waals surface area contributed by atoms with E-state index in [1.807, 2.05) is 6.07 Å². The molecular formula is C12H19BrN4O2S. The molecule has 8 heteroatoms. The van der Waals surface area contributed by atoms with Crippen molar-refractivity contribution in [2.75, 3.05) is 37.3 Å². The van der Waals surface area contributed by atoms with E-state index in [2.05, 4.69) is 37.7 Å². The van der Waals surface area contributed by atoms with E-state index in [1.54, 1.807) is 0 Å². The van der Waals surface area contributed by atoms with E-state index >= 15 is 0 Å². The van der Waals surface area contributed by atoms with Crippen LogP contribution >= 0.6 is 15.9 Å². The molecule has 0 amide bonds. The maximum Gasteiger partial charge on any atom is 0.211 e. The van der Waals surface area contributed by atoms with Crippen LogP contribution in [0.2, 0.25) is 0 Å². The summed E-state index contributed by atoms with van der Waals surface area (Å²) in [5, 5.41) is 0. The number of piperazine rings is 1. The van der Waals surface area contributed by atoms with Gasteiger partial charge in [-0.15, -0.1) is 0 Å². The number of sulfonamides is 1. The number of anilines is 1. The summed E-state index contributed by atoms with van der Waals surface area (Å²) in [4.78, 5) is 11.0. The van der Waals surface area contributed by atoms with E-state index < -0.39 is 10.0 Å². The van der Waals surface area contributed by atoms with Gasteiger partial charge >= 0.3 is 0 Å². The maximum absolute atomic E-state index is 11.5. The smallest absolute Gasteiger partial charge is 0.211 e. The molecule has 1 aliphatic heterocycles. The molecule has 0 aliphatic carbocycles. The van der Waals surface area contributed by atoms with Crippen molar-refractivity contribution < 1.29 is 8.42 Å². The first-order chi connectivity index (χ1) is 9.40. The van der Waals surface area contributed by atoms with Crippen molar-refractivity contribution in [3.05, 3.63) is 16.5 Å². The predicted octanol–water partition coefficient (Wildman–Crippen LogP) is 1.27. The molecule has 0 unspecified atom stereocenters. The zero-order valence-corrected chi connectivity index (χ0v) is 14.1. The van der Waals surface area contributed by atoms with Gasteiger partial charge in [0.1, 0.15) is 16.2 Å². The Bertz CT molecular complexity index is 571. The number of nitrogens with zero attached hydrogens (tertiary/aromatic N) is 4. The summed E-state index contributed by atoms with van der Waals surface area (Å²) in [5.41, 5.74) is 0. The molecule has 1 saturated heterocycles. The van der Waals surface area contributed by atoms with Gasteiger partial charge in [0.2, 0.25) is 10.0 Å². The van der Waals surface area contributed by atoms with Crippen LogP contribution < -0.4 is 4.90 Å². The second kappa shape index (κ2) is 6.36. The minimum absolute atomic E-state index is 0.504. The van der Waals surface area contributed by atoms with Crippen LogP contribution in [0.5, 0.6) is 0 Å². The number of aromatic nitrogens is 2. The molecule has 0 bridgehead atoms. The monoisotopic (exact) mass is 362 g/mol. The molecule has 0 N–H and O–H groups in total. The van der Waals surface area contributed by atoms with Crippen molar-refractivity contribution in [2.45, 2.75) is 19.8 Å². The van der Waals surface area contributed by atoms with E-state index in [9.17, 15) is 8.42 Å². The Kier molecular flexibility index (Phi) is 4.98. The van der Waals surface area contributed by atoms with Crippen LogP contribution in [0.4, 0.5) is 5.82 Å². The number of halogens is 1. The van der Waals surface area contributed by atoms with Gasteiger partial charge in [0.05, 0.1) is 6.26 Å². The number of hydrogen-bond acceptors (Lipinski definition) is 5. The predicted molar refractivity (Wildman–Crippen MR) is 82.4 cm³/mol. The summed E-state index contributed by atoms with van der Waals surface area (Å²) in [6.45, 7) is 4.41. The van der Waals surface area contributed by atoms with Gasteiger partial charge in [-0.05, 0) is 22.4 Å². The topological polar surface area (TPSA) is 66.4 Å². The molecule has 1 aromatic rings. The first-order valence-corrected chi connectivity index (χ1v) is 9.28. The second-order valence-corrected chi connectivity index (χ2v) is 7.66.